The maximum atomic E-state index is 5.61. The average molecular weight is 198 g/mol. The normalized spacial score (nSPS) is 11.2. The number of hydrogen-bond donors (Lipinski definition) is 0. The van der Waals surface area contributed by atoms with Crippen LogP contribution < -0.4 is 0 Å². The lowest BCUT2D eigenvalue weighted by atomic mass is 10.1. The van der Waals surface area contributed by atoms with Gasteiger partial charge in [-0.25, -0.2) is 0 Å². The van der Waals surface area contributed by atoms with Crippen LogP contribution in [0.15, 0.2) is 25.3 Å². The van der Waals surface area contributed by atoms with Crippen LogP contribution in [0.2, 0.25) is 6.04 Å². The van der Waals surface area contributed by atoms with E-state index in [9.17, 15) is 0 Å². The minimum Gasteiger partial charge on any atom is -0.424 e. The van der Waals surface area contributed by atoms with Gasteiger partial charge >= 0.3 is 0 Å². The number of hydrogen-bond acceptors (Lipinski definition) is 1. The second kappa shape index (κ2) is 9.74. The molecule has 0 rings (SSSR count). The Kier molecular flexibility index (Phi) is 9.49. The summed E-state index contributed by atoms with van der Waals surface area (Å²) in [4.78, 5) is 0. The molecule has 0 spiro atoms. The molecule has 2 heteroatoms. The van der Waals surface area contributed by atoms with Gasteiger partial charge in [0.15, 0.2) is 9.76 Å². The molecule has 0 saturated carbocycles. The lowest BCUT2D eigenvalue weighted by Crippen LogP contribution is -2.03. The van der Waals surface area contributed by atoms with Crippen molar-refractivity contribution in [2.45, 2.75) is 32.2 Å². The van der Waals surface area contributed by atoms with Gasteiger partial charge in [-0.2, -0.15) is 0 Å². The molecule has 0 fully saturated rings. The molecule has 0 amide bonds. The van der Waals surface area contributed by atoms with E-state index in [1.807, 2.05) is 12.2 Å². The van der Waals surface area contributed by atoms with Gasteiger partial charge in [-0.05, 0) is 18.4 Å². The van der Waals surface area contributed by atoms with Gasteiger partial charge in [0.2, 0.25) is 0 Å². The number of rotatable bonds is 9. The lowest BCUT2D eigenvalue weighted by molar-refractivity contribution is 0.316. The van der Waals surface area contributed by atoms with Gasteiger partial charge in [-0.1, -0.05) is 31.9 Å². The molecule has 0 bridgehead atoms. The van der Waals surface area contributed by atoms with Crippen LogP contribution in [0.25, 0.3) is 0 Å². The highest BCUT2D eigenvalue weighted by Crippen LogP contribution is 2.05. The summed E-state index contributed by atoms with van der Waals surface area (Å²) in [7, 11) is -0.227. The van der Waals surface area contributed by atoms with E-state index in [1.165, 1.54) is 18.9 Å². The third-order valence-electron chi connectivity index (χ3n) is 2.09. The lowest BCUT2D eigenvalue weighted by Gasteiger charge is -2.07. The SMILES string of the molecule is C=CC(C=C)CCO[SiH2]CCCC. The highest BCUT2D eigenvalue weighted by atomic mass is 28.2. The van der Waals surface area contributed by atoms with E-state index in [1.54, 1.807) is 0 Å². The maximum absolute atomic E-state index is 5.61. The fourth-order valence-electron chi connectivity index (χ4n) is 1.11. The van der Waals surface area contributed by atoms with Crippen LogP contribution in [-0.2, 0) is 4.43 Å². The Labute approximate surface area is 84.8 Å². The van der Waals surface area contributed by atoms with E-state index < -0.39 is 0 Å². The van der Waals surface area contributed by atoms with Gasteiger partial charge in [0, 0.05) is 6.61 Å². The van der Waals surface area contributed by atoms with E-state index in [2.05, 4.69) is 20.1 Å². The second-order valence-corrected chi connectivity index (χ2v) is 4.77. The Morgan fingerprint density at radius 3 is 2.62 bits per heavy atom. The van der Waals surface area contributed by atoms with Crippen LogP contribution in [0.4, 0.5) is 0 Å². The van der Waals surface area contributed by atoms with Gasteiger partial charge in [-0.15, -0.1) is 13.2 Å². The van der Waals surface area contributed by atoms with Gasteiger partial charge in [-0.3, -0.25) is 0 Å². The minimum absolute atomic E-state index is 0.227. The van der Waals surface area contributed by atoms with Crippen molar-refractivity contribution in [3.63, 3.8) is 0 Å². The monoisotopic (exact) mass is 198 g/mol. The molecule has 0 aromatic carbocycles. The largest absolute Gasteiger partial charge is 0.424 e. The third kappa shape index (κ3) is 8.00. The molecule has 0 radical (unpaired) electrons. The first-order chi connectivity index (χ1) is 6.35. The van der Waals surface area contributed by atoms with Crippen LogP contribution in [0, 0.1) is 5.92 Å². The Bertz CT molecular complexity index is 126. The molecule has 0 heterocycles. The van der Waals surface area contributed by atoms with Gasteiger partial charge in [0.1, 0.15) is 0 Å². The van der Waals surface area contributed by atoms with Crippen LogP contribution in [0.5, 0.6) is 0 Å². The molecule has 0 N–H and O–H groups in total. The van der Waals surface area contributed by atoms with E-state index >= 15 is 0 Å². The van der Waals surface area contributed by atoms with E-state index in [-0.39, 0.29) is 9.76 Å². The van der Waals surface area contributed by atoms with Crippen molar-refractivity contribution >= 4 is 9.76 Å². The first-order valence-electron chi connectivity index (χ1n) is 5.18. The first kappa shape index (κ1) is 12.7. The molecule has 0 aliphatic carbocycles. The van der Waals surface area contributed by atoms with Gasteiger partial charge in [0.25, 0.3) is 0 Å². The van der Waals surface area contributed by atoms with E-state index in [4.69, 9.17) is 4.43 Å². The molecule has 76 valence electrons. The smallest absolute Gasteiger partial charge is 0.161 e. The van der Waals surface area contributed by atoms with Crippen LogP contribution in [-0.4, -0.2) is 16.4 Å². The van der Waals surface area contributed by atoms with Crippen molar-refractivity contribution < 1.29 is 4.43 Å². The molecule has 1 nitrogen and oxygen atoms in total. The highest BCUT2D eigenvalue weighted by molar-refractivity contribution is 6.26. The van der Waals surface area contributed by atoms with E-state index in [0.717, 1.165) is 13.0 Å². The number of allylic oxidation sites excluding steroid dienone is 2. The zero-order valence-corrected chi connectivity index (χ0v) is 10.2. The quantitative estimate of drug-likeness (QED) is 0.314. The van der Waals surface area contributed by atoms with Crippen molar-refractivity contribution in [1.29, 1.82) is 0 Å². The zero-order valence-electron chi connectivity index (χ0n) is 8.80. The van der Waals surface area contributed by atoms with Crippen LogP contribution >= 0.6 is 0 Å². The summed E-state index contributed by atoms with van der Waals surface area (Å²) < 4.78 is 5.61. The summed E-state index contributed by atoms with van der Waals surface area (Å²) in [6.07, 6.45) is 7.54. The van der Waals surface area contributed by atoms with Crippen molar-refractivity contribution in [3.05, 3.63) is 25.3 Å². The fraction of sp³-hybridized carbons (Fsp3) is 0.636. The molecule has 0 aliphatic heterocycles. The van der Waals surface area contributed by atoms with Gasteiger partial charge < -0.3 is 4.43 Å². The molecule has 0 aromatic rings. The fourth-order valence-corrected chi connectivity index (χ4v) is 2.39. The summed E-state index contributed by atoms with van der Waals surface area (Å²) >= 11 is 0. The standard InChI is InChI=1S/C11H22OSi/c1-4-7-10-13-12-9-8-11(5-2)6-3/h5-6,11H,2-4,7-10,13H2,1H3. The molecular formula is C11H22OSi. The third-order valence-corrected chi connectivity index (χ3v) is 3.46. The molecule has 13 heavy (non-hydrogen) atoms. The molecule has 0 unspecified atom stereocenters. The minimum atomic E-state index is -0.227. The van der Waals surface area contributed by atoms with Crippen LogP contribution in [0.3, 0.4) is 0 Å². The topological polar surface area (TPSA) is 9.23 Å². The summed E-state index contributed by atoms with van der Waals surface area (Å²) in [6.45, 7) is 10.6. The summed E-state index contributed by atoms with van der Waals surface area (Å²) in [5.74, 6) is 0.431. The predicted molar refractivity (Wildman–Crippen MR) is 62.7 cm³/mol. The van der Waals surface area contributed by atoms with Crippen molar-refractivity contribution in [2.24, 2.45) is 5.92 Å². The van der Waals surface area contributed by atoms with Crippen molar-refractivity contribution in [3.8, 4) is 0 Å². The van der Waals surface area contributed by atoms with Crippen molar-refractivity contribution in [1.82, 2.24) is 0 Å². The Morgan fingerprint density at radius 1 is 1.38 bits per heavy atom. The summed E-state index contributed by atoms with van der Waals surface area (Å²) in [6, 6.07) is 1.32. The second-order valence-electron chi connectivity index (χ2n) is 3.24. The summed E-state index contributed by atoms with van der Waals surface area (Å²) in [5, 5.41) is 0. The van der Waals surface area contributed by atoms with Crippen LogP contribution in [0.1, 0.15) is 26.2 Å². The maximum Gasteiger partial charge on any atom is 0.161 e. The molecule has 0 saturated heterocycles. The first-order valence-corrected chi connectivity index (χ1v) is 6.75. The molecule has 0 aliphatic rings. The van der Waals surface area contributed by atoms with Gasteiger partial charge in [0.05, 0.1) is 0 Å². The van der Waals surface area contributed by atoms with E-state index in [0.29, 0.717) is 5.92 Å². The number of unbranched alkanes of at least 4 members (excludes halogenated alkanes) is 1. The Morgan fingerprint density at radius 2 is 2.08 bits per heavy atom. The Balaban J connectivity index is 3.14. The Hall–Kier alpha value is -0.343. The highest BCUT2D eigenvalue weighted by Gasteiger charge is 1.97. The summed E-state index contributed by atoms with van der Waals surface area (Å²) in [5.41, 5.74) is 0. The average Bonchev–Trinajstić information content (AvgIpc) is 2.17. The predicted octanol–water partition coefficient (Wildman–Crippen LogP) is 2.68. The molecular weight excluding hydrogens is 176 g/mol. The van der Waals surface area contributed by atoms with Crippen molar-refractivity contribution in [2.75, 3.05) is 6.61 Å². The molecule has 0 aromatic heterocycles. The zero-order chi connectivity index (χ0) is 9.94. The molecule has 0 atom stereocenters.